The first-order valence-corrected chi connectivity index (χ1v) is 6.27. The Kier molecular flexibility index (Phi) is 3.24. The maximum absolute atomic E-state index is 11.8. The van der Waals surface area contributed by atoms with Crippen LogP contribution in [0.15, 0.2) is 36.8 Å². The van der Waals surface area contributed by atoms with Crippen LogP contribution in [0.4, 0.5) is 0 Å². The van der Waals surface area contributed by atoms with Crippen LogP contribution in [0.25, 0.3) is 5.82 Å². The molecule has 0 saturated carbocycles. The maximum atomic E-state index is 11.8. The van der Waals surface area contributed by atoms with Gasteiger partial charge in [-0.3, -0.25) is 4.79 Å². The minimum atomic E-state index is 0.0917. The number of nitrogens with one attached hydrogen (secondary N) is 2. The SMILES string of the molecule is O=C(NCc1cccnc1-n1cccn1)C1CNC1. The third-order valence-electron chi connectivity index (χ3n) is 3.19. The van der Waals surface area contributed by atoms with Crippen molar-refractivity contribution >= 4 is 5.91 Å². The summed E-state index contributed by atoms with van der Waals surface area (Å²) >= 11 is 0. The second-order valence-corrected chi connectivity index (χ2v) is 4.51. The van der Waals surface area contributed by atoms with Crippen molar-refractivity contribution in [1.29, 1.82) is 0 Å². The number of pyridine rings is 1. The number of hydrogen-bond donors (Lipinski definition) is 2. The van der Waals surface area contributed by atoms with E-state index in [9.17, 15) is 4.79 Å². The highest BCUT2D eigenvalue weighted by Crippen LogP contribution is 2.10. The molecule has 0 radical (unpaired) electrons. The molecule has 0 atom stereocenters. The van der Waals surface area contributed by atoms with E-state index in [1.54, 1.807) is 17.1 Å². The van der Waals surface area contributed by atoms with E-state index in [-0.39, 0.29) is 11.8 Å². The van der Waals surface area contributed by atoms with E-state index in [2.05, 4.69) is 20.7 Å². The standard InChI is InChI=1S/C13H15N5O/c19-13(11-7-14-8-11)16-9-10-3-1-4-15-12(10)18-6-2-5-17-18/h1-6,11,14H,7-9H2,(H,16,19). The third-order valence-corrected chi connectivity index (χ3v) is 3.19. The lowest BCUT2D eigenvalue weighted by atomic mass is 10.0. The van der Waals surface area contributed by atoms with Crippen LogP contribution in [0.5, 0.6) is 0 Å². The molecule has 1 fully saturated rings. The molecule has 0 bridgehead atoms. The van der Waals surface area contributed by atoms with E-state index in [1.165, 1.54) is 0 Å². The van der Waals surface area contributed by atoms with E-state index >= 15 is 0 Å². The Morgan fingerprint density at radius 1 is 1.42 bits per heavy atom. The first-order chi connectivity index (χ1) is 9.34. The largest absolute Gasteiger partial charge is 0.352 e. The van der Waals surface area contributed by atoms with Crippen molar-refractivity contribution in [1.82, 2.24) is 25.4 Å². The summed E-state index contributed by atoms with van der Waals surface area (Å²) in [5, 5.41) is 10.2. The highest BCUT2D eigenvalue weighted by Gasteiger charge is 2.24. The molecule has 2 N–H and O–H groups in total. The van der Waals surface area contributed by atoms with Crippen molar-refractivity contribution in [2.45, 2.75) is 6.54 Å². The summed E-state index contributed by atoms with van der Waals surface area (Å²) in [5.41, 5.74) is 0.951. The third kappa shape index (κ3) is 2.48. The Morgan fingerprint density at radius 2 is 2.32 bits per heavy atom. The molecule has 1 aliphatic rings. The molecule has 0 unspecified atom stereocenters. The van der Waals surface area contributed by atoms with Gasteiger partial charge in [-0.1, -0.05) is 6.07 Å². The minimum absolute atomic E-state index is 0.0917. The second kappa shape index (κ2) is 5.19. The van der Waals surface area contributed by atoms with Gasteiger partial charge in [0, 0.05) is 43.8 Å². The smallest absolute Gasteiger partial charge is 0.225 e. The highest BCUT2D eigenvalue weighted by atomic mass is 16.2. The fourth-order valence-electron chi connectivity index (χ4n) is 1.97. The van der Waals surface area contributed by atoms with Gasteiger partial charge in [-0.25, -0.2) is 9.67 Å². The second-order valence-electron chi connectivity index (χ2n) is 4.51. The Hall–Kier alpha value is -2.21. The summed E-state index contributed by atoms with van der Waals surface area (Å²) in [5.74, 6) is 0.943. The van der Waals surface area contributed by atoms with Crippen LogP contribution >= 0.6 is 0 Å². The summed E-state index contributed by atoms with van der Waals surface area (Å²) in [6.07, 6.45) is 5.26. The summed E-state index contributed by atoms with van der Waals surface area (Å²) < 4.78 is 1.70. The molecule has 1 amide bonds. The van der Waals surface area contributed by atoms with Gasteiger partial charge in [-0.2, -0.15) is 5.10 Å². The van der Waals surface area contributed by atoms with E-state index in [0.717, 1.165) is 24.5 Å². The molecular formula is C13H15N5O. The molecule has 2 aromatic heterocycles. The summed E-state index contributed by atoms with van der Waals surface area (Å²) in [6.45, 7) is 2.01. The van der Waals surface area contributed by atoms with Gasteiger partial charge in [-0.05, 0) is 12.1 Å². The lowest BCUT2D eigenvalue weighted by molar-refractivity contribution is -0.126. The van der Waals surface area contributed by atoms with E-state index in [1.807, 2.05) is 24.4 Å². The van der Waals surface area contributed by atoms with Crippen molar-refractivity contribution < 1.29 is 4.79 Å². The van der Waals surface area contributed by atoms with Crippen LogP contribution < -0.4 is 10.6 Å². The van der Waals surface area contributed by atoms with Gasteiger partial charge < -0.3 is 10.6 Å². The van der Waals surface area contributed by atoms with Crippen molar-refractivity contribution in [3.63, 3.8) is 0 Å². The average Bonchev–Trinajstić information content (AvgIpc) is 2.88. The zero-order valence-electron chi connectivity index (χ0n) is 10.4. The molecule has 19 heavy (non-hydrogen) atoms. The summed E-state index contributed by atoms with van der Waals surface area (Å²) in [4.78, 5) is 16.1. The minimum Gasteiger partial charge on any atom is -0.352 e. The molecule has 1 aliphatic heterocycles. The molecule has 0 spiro atoms. The van der Waals surface area contributed by atoms with Crippen LogP contribution in [-0.2, 0) is 11.3 Å². The van der Waals surface area contributed by atoms with Gasteiger partial charge in [-0.15, -0.1) is 0 Å². The Labute approximate surface area is 110 Å². The maximum Gasteiger partial charge on any atom is 0.225 e. The van der Waals surface area contributed by atoms with Crippen LogP contribution in [-0.4, -0.2) is 33.8 Å². The van der Waals surface area contributed by atoms with Crippen molar-refractivity contribution in [3.8, 4) is 5.82 Å². The monoisotopic (exact) mass is 257 g/mol. The number of amides is 1. The number of hydrogen-bond acceptors (Lipinski definition) is 4. The number of nitrogens with zero attached hydrogens (tertiary/aromatic N) is 3. The fourth-order valence-corrected chi connectivity index (χ4v) is 1.97. The topological polar surface area (TPSA) is 71.8 Å². The quantitative estimate of drug-likeness (QED) is 0.815. The first-order valence-electron chi connectivity index (χ1n) is 6.27. The molecule has 0 aromatic carbocycles. The van der Waals surface area contributed by atoms with Crippen LogP contribution in [0.3, 0.4) is 0 Å². The van der Waals surface area contributed by atoms with E-state index in [0.29, 0.717) is 6.54 Å². The molecule has 2 aromatic rings. The number of rotatable bonds is 4. The summed E-state index contributed by atoms with van der Waals surface area (Å²) in [6, 6.07) is 5.65. The molecule has 6 heteroatoms. The molecule has 1 saturated heterocycles. The van der Waals surface area contributed by atoms with Gasteiger partial charge >= 0.3 is 0 Å². The first kappa shape index (κ1) is 11.9. The molecular weight excluding hydrogens is 242 g/mol. The number of carbonyl (C=O) groups is 1. The summed E-state index contributed by atoms with van der Waals surface area (Å²) in [7, 11) is 0. The molecule has 6 nitrogen and oxygen atoms in total. The van der Waals surface area contributed by atoms with Crippen LogP contribution in [0, 0.1) is 5.92 Å². The predicted octanol–water partition coefficient (Wildman–Crippen LogP) is 0.103. The van der Waals surface area contributed by atoms with Crippen molar-refractivity contribution in [2.75, 3.05) is 13.1 Å². The van der Waals surface area contributed by atoms with Gasteiger partial charge in [0.1, 0.15) is 0 Å². The molecule has 3 rings (SSSR count). The highest BCUT2D eigenvalue weighted by molar-refractivity contribution is 5.80. The van der Waals surface area contributed by atoms with Crippen molar-refractivity contribution in [3.05, 3.63) is 42.4 Å². The number of aromatic nitrogens is 3. The lowest BCUT2D eigenvalue weighted by Crippen LogP contribution is -2.50. The zero-order valence-corrected chi connectivity index (χ0v) is 10.4. The Morgan fingerprint density at radius 3 is 3.00 bits per heavy atom. The Bertz CT molecular complexity index is 562. The van der Waals surface area contributed by atoms with Gasteiger partial charge in [0.2, 0.25) is 5.91 Å². The van der Waals surface area contributed by atoms with Gasteiger partial charge in [0.05, 0.1) is 5.92 Å². The predicted molar refractivity (Wildman–Crippen MR) is 69.6 cm³/mol. The zero-order chi connectivity index (χ0) is 13.1. The Balaban J connectivity index is 1.72. The average molecular weight is 257 g/mol. The normalized spacial score (nSPS) is 14.9. The van der Waals surface area contributed by atoms with Crippen molar-refractivity contribution in [2.24, 2.45) is 5.92 Å². The van der Waals surface area contributed by atoms with E-state index in [4.69, 9.17) is 0 Å². The lowest BCUT2D eigenvalue weighted by Gasteiger charge is -2.25. The number of carbonyl (C=O) groups excluding carboxylic acids is 1. The fraction of sp³-hybridized carbons (Fsp3) is 0.308. The molecule has 98 valence electrons. The van der Waals surface area contributed by atoms with E-state index < -0.39 is 0 Å². The molecule has 3 heterocycles. The van der Waals surface area contributed by atoms with Gasteiger partial charge in [0.25, 0.3) is 0 Å². The van der Waals surface area contributed by atoms with Gasteiger partial charge in [0.15, 0.2) is 5.82 Å². The molecule has 0 aliphatic carbocycles. The van der Waals surface area contributed by atoms with Crippen LogP contribution in [0.2, 0.25) is 0 Å². The van der Waals surface area contributed by atoms with Crippen LogP contribution in [0.1, 0.15) is 5.56 Å².